The number of nitrogens with one attached hydrogen (secondary N) is 2. The highest BCUT2D eigenvalue weighted by molar-refractivity contribution is 6.08. The summed E-state index contributed by atoms with van der Waals surface area (Å²) < 4.78 is 0. The van der Waals surface area contributed by atoms with Crippen LogP contribution < -0.4 is 5.32 Å². The Morgan fingerprint density at radius 2 is 2.00 bits per heavy atom. The predicted octanol–water partition coefficient (Wildman–Crippen LogP) is 3.46. The van der Waals surface area contributed by atoms with E-state index < -0.39 is 0 Å². The molecule has 3 rings (SSSR count). The Morgan fingerprint density at radius 3 is 2.74 bits per heavy atom. The van der Waals surface area contributed by atoms with Gasteiger partial charge in [0.05, 0.1) is 5.56 Å². The van der Waals surface area contributed by atoms with Crippen molar-refractivity contribution >= 4 is 16.8 Å². The summed E-state index contributed by atoms with van der Waals surface area (Å²) in [4.78, 5) is 15.8. The number of rotatable bonds is 2. The van der Waals surface area contributed by atoms with Crippen molar-refractivity contribution in [1.82, 2.24) is 10.3 Å². The van der Waals surface area contributed by atoms with Crippen LogP contribution in [0.15, 0.2) is 18.2 Å². The molecular weight excluding hydrogens is 236 g/mol. The van der Waals surface area contributed by atoms with Gasteiger partial charge >= 0.3 is 0 Å². The molecule has 1 heterocycles. The fourth-order valence-corrected chi connectivity index (χ4v) is 3.07. The van der Waals surface area contributed by atoms with Crippen LogP contribution in [0.25, 0.3) is 10.9 Å². The molecule has 1 saturated carbocycles. The second-order valence-electron chi connectivity index (χ2n) is 5.63. The molecule has 1 aromatic heterocycles. The van der Waals surface area contributed by atoms with Crippen LogP contribution in [-0.2, 0) is 0 Å². The molecular formula is C16H20N2O. The molecule has 1 aliphatic rings. The highest BCUT2D eigenvalue weighted by atomic mass is 16.1. The number of benzene rings is 1. The van der Waals surface area contributed by atoms with Gasteiger partial charge in [-0.05, 0) is 38.3 Å². The maximum atomic E-state index is 12.5. The van der Waals surface area contributed by atoms with E-state index in [9.17, 15) is 4.79 Å². The molecule has 0 atom stereocenters. The average molecular weight is 256 g/mol. The molecule has 100 valence electrons. The lowest BCUT2D eigenvalue weighted by atomic mass is 10.1. The van der Waals surface area contributed by atoms with Gasteiger partial charge in [-0.3, -0.25) is 4.79 Å². The van der Waals surface area contributed by atoms with Crippen LogP contribution in [0.1, 0.15) is 47.3 Å². The van der Waals surface area contributed by atoms with Gasteiger partial charge in [-0.2, -0.15) is 0 Å². The van der Waals surface area contributed by atoms with Gasteiger partial charge in [0.15, 0.2) is 0 Å². The molecule has 3 nitrogen and oxygen atoms in total. The molecule has 0 saturated heterocycles. The molecule has 0 spiro atoms. The predicted molar refractivity (Wildman–Crippen MR) is 77.5 cm³/mol. The lowest BCUT2D eigenvalue weighted by Crippen LogP contribution is -2.32. The van der Waals surface area contributed by atoms with Gasteiger partial charge in [0.1, 0.15) is 0 Å². The highest BCUT2D eigenvalue weighted by Crippen LogP contribution is 2.24. The number of carbonyl (C=O) groups is 1. The number of amides is 1. The molecule has 1 aliphatic carbocycles. The van der Waals surface area contributed by atoms with Crippen LogP contribution in [-0.4, -0.2) is 16.9 Å². The fraction of sp³-hybridized carbons (Fsp3) is 0.438. The maximum Gasteiger partial charge on any atom is 0.253 e. The normalized spacial score (nSPS) is 16.1. The Balaban J connectivity index is 1.94. The van der Waals surface area contributed by atoms with Gasteiger partial charge in [-0.25, -0.2) is 0 Å². The molecule has 1 aromatic carbocycles. The third-order valence-electron chi connectivity index (χ3n) is 4.06. The molecule has 3 heteroatoms. The Kier molecular flexibility index (Phi) is 3.05. The Bertz CT molecular complexity index is 621. The summed E-state index contributed by atoms with van der Waals surface area (Å²) >= 11 is 0. The monoisotopic (exact) mass is 256 g/mol. The van der Waals surface area contributed by atoms with Crippen LogP contribution in [0.2, 0.25) is 0 Å². The van der Waals surface area contributed by atoms with E-state index in [1.54, 1.807) is 0 Å². The van der Waals surface area contributed by atoms with Crippen molar-refractivity contribution in [2.24, 2.45) is 0 Å². The molecule has 2 N–H and O–H groups in total. The molecule has 0 unspecified atom stereocenters. The molecule has 1 fully saturated rings. The van der Waals surface area contributed by atoms with E-state index in [0.29, 0.717) is 6.04 Å². The standard InChI is InChI=1S/C16H20N2O/c1-10-7-8-13-14(9-10)17-11(2)15(13)16(19)18-12-5-3-4-6-12/h7-9,12,17H,3-6H2,1-2H3,(H,18,19). The zero-order valence-corrected chi connectivity index (χ0v) is 11.5. The largest absolute Gasteiger partial charge is 0.358 e. The van der Waals surface area contributed by atoms with E-state index in [0.717, 1.165) is 35.0 Å². The Morgan fingerprint density at radius 1 is 1.26 bits per heavy atom. The first-order valence-corrected chi connectivity index (χ1v) is 7.05. The number of hydrogen-bond acceptors (Lipinski definition) is 1. The highest BCUT2D eigenvalue weighted by Gasteiger charge is 2.21. The first kappa shape index (κ1) is 12.3. The van der Waals surface area contributed by atoms with Crippen molar-refractivity contribution < 1.29 is 4.79 Å². The van der Waals surface area contributed by atoms with E-state index in [1.807, 2.05) is 13.0 Å². The summed E-state index contributed by atoms with van der Waals surface area (Å²) in [6.45, 7) is 4.03. The number of hydrogen-bond donors (Lipinski definition) is 2. The molecule has 1 amide bonds. The van der Waals surface area contributed by atoms with E-state index in [1.165, 1.54) is 18.4 Å². The molecule has 0 bridgehead atoms. The number of H-pyrrole nitrogens is 1. The second kappa shape index (κ2) is 4.72. The molecule has 19 heavy (non-hydrogen) atoms. The van der Waals surface area contributed by atoms with Gasteiger partial charge in [0, 0.05) is 22.6 Å². The molecule has 2 aromatic rings. The first-order chi connectivity index (χ1) is 9.15. The third kappa shape index (κ3) is 2.25. The van der Waals surface area contributed by atoms with Gasteiger partial charge in [-0.1, -0.05) is 25.0 Å². The van der Waals surface area contributed by atoms with Crippen molar-refractivity contribution in [2.75, 3.05) is 0 Å². The zero-order valence-electron chi connectivity index (χ0n) is 11.5. The minimum absolute atomic E-state index is 0.0690. The van der Waals surface area contributed by atoms with Gasteiger partial charge in [0.25, 0.3) is 5.91 Å². The van der Waals surface area contributed by atoms with Crippen molar-refractivity contribution in [3.8, 4) is 0 Å². The lowest BCUT2D eigenvalue weighted by Gasteiger charge is -2.11. The van der Waals surface area contributed by atoms with Crippen LogP contribution in [0.4, 0.5) is 0 Å². The van der Waals surface area contributed by atoms with Crippen molar-refractivity contribution in [3.63, 3.8) is 0 Å². The number of carbonyl (C=O) groups excluding carboxylic acids is 1. The summed E-state index contributed by atoms with van der Waals surface area (Å²) in [6.07, 6.45) is 4.70. The quantitative estimate of drug-likeness (QED) is 0.849. The molecule has 0 radical (unpaired) electrons. The summed E-state index contributed by atoms with van der Waals surface area (Å²) in [6, 6.07) is 6.55. The minimum Gasteiger partial charge on any atom is -0.358 e. The summed E-state index contributed by atoms with van der Waals surface area (Å²) in [5, 5.41) is 4.20. The van der Waals surface area contributed by atoms with Crippen molar-refractivity contribution in [3.05, 3.63) is 35.0 Å². The summed E-state index contributed by atoms with van der Waals surface area (Å²) in [7, 11) is 0. The number of aryl methyl sites for hydroxylation is 2. The third-order valence-corrected chi connectivity index (χ3v) is 4.06. The average Bonchev–Trinajstić information content (AvgIpc) is 2.95. The van der Waals surface area contributed by atoms with Crippen molar-refractivity contribution in [2.45, 2.75) is 45.6 Å². The van der Waals surface area contributed by atoms with E-state index in [2.05, 4.69) is 29.4 Å². The fourth-order valence-electron chi connectivity index (χ4n) is 3.07. The van der Waals surface area contributed by atoms with E-state index in [4.69, 9.17) is 0 Å². The first-order valence-electron chi connectivity index (χ1n) is 7.05. The topological polar surface area (TPSA) is 44.9 Å². The number of aromatic amines is 1. The number of aromatic nitrogens is 1. The number of fused-ring (bicyclic) bond motifs is 1. The molecule has 0 aliphatic heterocycles. The van der Waals surface area contributed by atoms with Gasteiger partial charge in [0.2, 0.25) is 0 Å². The summed E-state index contributed by atoms with van der Waals surface area (Å²) in [5.74, 6) is 0.0690. The van der Waals surface area contributed by atoms with Crippen LogP contribution >= 0.6 is 0 Å². The smallest absolute Gasteiger partial charge is 0.253 e. The Labute approximate surface area is 113 Å². The Hall–Kier alpha value is -1.77. The zero-order chi connectivity index (χ0) is 13.4. The minimum atomic E-state index is 0.0690. The van der Waals surface area contributed by atoms with Gasteiger partial charge < -0.3 is 10.3 Å². The lowest BCUT2D eigenvalue weighted by molar-refractivity contribution is 0.0939. The second-order valence-corrected chi connectivity index (χ2v) is 5.63. The van der Waals surface area contributed by atoms with Crippen LogP contribution in [0.3, 0.4) is 0 Å². The summed E-state index contributed by atoms with van der Waals surface area (Å²) in [5.41, 5.74) is 4.02. The van der Waals surface area contributed by atoms with E-state index >= 15 is 0 Å². The van der Waals surface area contributed by atoms with Gasteiger partial charge in [-0.15, -0.1) is 0 Å². The van der Waals surface area contributed by atoms with Crippen LogP contribution in [0.5, 0.6) is 0 Å². The van der Waals surface area contributed by atoms with E-state index in [-0.39, 0.29) is 5.91 Å². The van der Waals surface area contributed by atoms with Crippen LogP contribution in [0, 0.1) is 13.8 Å². The van der Waals surface area contributed by atoms with Crippen molar-refractivity contribution in [1.29, 1.82) is 0 Å². The SMILES string of the molecule is Cc1ccc2c(C(=O)NC3CCCC3)c(C)[nH]c2c1. The maximum absolute atomic E-state index is 12.5.